The molecule has 0 saturated carbocycles. The minimum Gasteiger partial charge on any atom is -0.298 e. The summed E-state index contributed by atoms with van der Waals surface area (Å²) >= 11 is 0. The van der Waals surface area contributed by atoms with E-state index in [-0.39, 0.29) is 12.0 Å². The first-order chi connectivity index (χ1) is 7.20. The van der Waals surface area contributed by atoms with Gasteiger partial charge in [-0.2, -0.15) is 5.26 Å². The fourth-order valence-corrected chi connectivity index (χ4v) is 1.29. The lowest BCUT2D eigenvalue weighted by Crippen LogP contribution is -1.95. The minimum absolute atomic E-state index is 0.0455. The number of allylic oxidation sites excluding steroid dienone is 1. The van der Waals surface area contributed by atoms with Crippen molar-refractivity contribution in [2.45, 2.75) is 13.3 Å². The number of halogens is 1. The van der Waals surface area contributed by atoms with Crippen LogP contribution in [0.1, 0.15) is 27.9 Å². The Hall–Kier alpha value is -1.95. The number of nitriles is 1. The third kappa shape index (κ3) is 2.50. The van der Waals surface area contributed by atoms with E-state index in [0.717, 1.165) is 5.56 Å². The quantitative estimate of drug-likeness (QED) is 0.708. The summed E-state index contributed by atoms with van der Waals surface area (Å²) in [5, 5.41) is 8.35. The molecule has 76 valence electrons. The molecule has 0 aliphatic rings. The molecule has 0 radical (unpaired) electrons. The van der Waals surface area contributed by atoms with Gasteiger partial charge in [-0.3, -0.25) is 4.79 Å². The Balaban J connectivity index is 3.20. The molecule has 0 amide bonds. The molecule has 0 spiro atoms. The van der Waals surface area contributed by atoms with Gasteiger partial charge in [0.05, 0.1) is 18.1 Å². The van der Waals surface area contributed by atoms with Crippen LogP contribution in [-0.2, 0) is 0 Å². The van der Waals surface area contributed by atoms with Gasteiger partial charge in [-0.25, -0.2) is 4.39 Å². The van der Waals surface area contributed by atoms with Crippen LogP contribution in [-0.4, -0.2) is 6.29 Å². The summed E-state index contributed by atoms with van der Waals surface area (Å²) in [6.45, 7) is 1.79. The molecule has 0 fully saturated rings. The van der Waals surface area contributed by atoms with Crippen LogP contribution in [0.2, 0.25) is 0 Å². The minimum atomic E-state index is -0.535. The van der Waals surface area contributed by atoms with Crippen LogP contribution in [0.3, 0.4) is 0 Å². The Labute approximate surface area is 87.7 Å². The van der Waals surface area contributed by atoms with Crippen molar-refractivity contribution in [2.24, 2.45) is 0 Å². The molecule has 1 rings (SSSR count). The molecule has 0 aliphatic carbocycles. The third-order valence-electron chi connectivity index (χ3n) is 2.06. The van der Waals surface area contributed by atoms with E-state index in [2.05, 4.69) is 0 Å². The molecule has 0 heterocycles. The van der Waals surface area contributed by atoms with Crippen molar-refractivity contribution in [1.82, 2.24) is 0 Å². The van der Waals surface area contributed by atoms with Gasteiger partial charge in [0.25, 0.3) is 0 Å². The highest BCUT2D eigenvalue weighted by Gasteiger charge is 2.07. The maximum atomic E-state index is 13.2. The third-order valence-corrected chi connectivity index (χ3v) is 2.06. The van der Waals surface area contributed by atoms with Crippen LogP contribution in [0.4, 0.5) is 4.39 Å². The zero-order valence-electron chi connectivity index (χ0n) is 8.33. The van der Waals surface area contributed by atoms with Gasteiger partial charge in [0, 0.05) is 0 Å². The van der Waals surface area contributed by atoms with E-state index in [9.17, 15) is 9.18 Å². The first-order valence-electron chi connectivity index (χ1n) is 4.48. The first kappa shape index (κ1) is 11.1. The monoisotopic (exact) mass is 203 g/mol. The Kier molecular flexibility index (Phi) is 3.75. The number of carbonyl (C=O) groups excluding carboxylic acids is 1. The van der Waals surface area contributed by atoms with Gasteiger partial charge in [0.15, 0.2) is 6.29 Å². The number of nitrogens with zero attached hydrogens (tertiary/aromatic N) is 1. The van der Waals surface area contributed by atoms with Crippen LogP contribution in [0.15, 0.2) is 18.2 Å². The van der Waals surface area contributed by atoms with E-state index in [1.165, 1.54) is 6.07 Å². The second-order valence-electron chi connectivity index (χ2n) is 3.07. The summed E-state index contributed by atoms with van der Waals surface area (Å²) < 4.78 is 13.2. The number of aldehydes is 1. The average molecular weight is 203 g/mol. The standard InChI is InChI=1S/C12H10FNO/c1-9-5-6-12(13)11(8-15)10(9)4-2-3-7-14/h2,4-6,8H,3H2,1H3. The second-order valence-corrected chi connectivity index (χ2v) is 3.07. The van der Waals surface area contributed by atoms with E-state index in [0.29, 0.717) is 11.8 Å². The zero-order chi connectivity index (χ0) is 11.3. The number of benzene rings is 1. The van der Waals surface area contributed by atoms with E-state index >= 15 is 0 Å². The van der Waals surface area contributed by atoms with Gasteiger partial charge in [-0.05, 0) is 24.1 Å². The Morgan fingerprint density at radius 2 is 2.20 bits per heavy atom. The largest absolute Gasteiger partial charge is 0.298 e. The number of hydrogen-bond donors (Lipinski definition) is 0. The van der Waals surface area contributed by atoms with E-state index in [1.807, 2.05) is 6.07 Å². The molecule has 3 heteroatoms. The highest BCUT2D eigenvalue weighted by Crippen LogP contribution is 2.18. The molecular formula is C12H10FNO. The van der Waals surface area contributed by atoms with E-state index < -0.39 is 5.82 Å². The molecule has 15 heavy (non-hydrogen) atoms. The number of hydrogen-bond acceptors (Lipinski definition) is 2. The van der Waals surface area contributed by atoms with Gasteiger partial charge in [0.1, 0.15) is 5.82 Å². The predicted octanol–water partition coefficient (Wildman–Crippen LogP) is 2.87. The van der Waals surface area contributed by atoms with Crippen molar-refractivity contribution in [3.63, 3.8) is 0 Å². The second kappa shape index (κ2) is 5.06. The highest BCUT2D eigenvalue weighted by molar-refractivity contribution is 5.83. The van der Waals surface area contributed by atoms with Gasteiger partial charge in [0.2, 0.25) is 0 Å². The smallest absolute Gasteiger partial charge is 0.153 e. The molecule has 0 aromatic heterocycles. The SMILES string of the molecule is Cc1ccc(F)c(C=O)c1C=CCC#N. The Bertz CT molecular complexity index is 444. The summed E-state index contributed by atoms with van der Waals surface area (Å²) in [6.07, 6.45) is 3.95. The zero-order valence-corrected chi connectivity index (χ0v) is 8.33. The molecule has 0 unspecified atom stereocenters. The molecule has 0 atom stereocenters. The van der Waals surface area contributed by atoms with Crippen LogP contribution in [0.25, 0.3) is 6.08 Å². The van der Waals surface area contributed by atoms with Crippen LogP contribution < -0.4 is 0 Å². The van der Waals surface area contributed by atoms with E-state index in [4.69, 9.17) is 5.26 Å². The molecule has 0 bridgehead atoms. The maximum absolute atomic E-state index is 13.2. The molecule has 1 aromatic carbocycles. The highest BCUT2D eigenvalue weighted by atomic mass is 19.1. The first-order valence-corrected chi connectivity index (χ1v) is 4.48. The summed E-state index contributed by atoms with van der Waals surface area (Å²) in [7, 11) is 0. The summed E-state index contributed by atoms with van der Waals surface area (Å²) in [5.41, 5.74) is 1.40. The van der Waals surface area contributed by atoms with Crippen molar-refractivity contribution >= 4 is 12.4 Å². The van der Waals surface area contributed by atoms with Crippen molar-refractivity contribution in [3.8, 4) is 6.07 Å². The Morgan fingerprint density at radius 1 is 1.47 bits per heavy atom. The van der Waals surface area contributed by atoms with Crippen LogP contribution >= 0.6 is 0 Å². The van der Waals surface area contributed by atoms with Gasteiger partial charge in [-0.1, -0.05) is 18.2 Å². The maximum Gasteiger partial charge on any atom is 0.153 e. The lowest BCUT2D eigenvalue weighted by molar-refractivity contribution is 0.111. The number of rotatable bonds is 3. The van der Waals surface area contributed by atoms with Crippen LogP contribution in [0.5, 0.6) is 0 Å². The molecule has 0 saturated heterocycles. The molecular weight excluding hydrogens is 193 g/mol. The molecule has 0 aliphatic heterocycles. The van der Waals surface area contributed by atoms with Crippen molar-refractivity contribution in [1.29, 1.82) is 5.26 Å². The van der Waals surface area contributed by atoms with E-state index in [1.54, 1.807) is 25.1 Å². The lowest BCUT2D eigenvalue weighted by Gasteiger charge is -2.04. The fraction of sp³-hybridized carbons (Fsp3) is 0.167. The van der Waals surface area contributed by atoms with Crippen molar-refractivity contribution < 1.29 is 9.18 Å². The molecule has 2 nitrogen and oxygen atoms in total. The summed E-state index contributed by atoms with van der Waals surface area (Å²) in [4.78, 5) is 10.7. The average Bonchev–Trinajstić information content (AvgIpc) is 2.23. The van der Waals surface area contributed by atoms with Gasteiger partial charge >= 0.3 is 0 Å². The topological polar surface area (TPSA) is 40.9 Å². The van der Waals surface area contributed by atoms with Crippen molar-refractivity contribution in [3.05, 3.63) is 40.7 Å². The summed E-state index contributed by atoms with van der Waals surface area (Å²) in [6, 6.07) is 4.81. The Morgan fingerprint density at radius 3 is 2.80 bits per heavy atom. The lowest BCUT2D eigenvalue weighted by atomic mass is 10.0. The number of aryl methyl sites for hydroxylation is 1. The normalized spacial score (nSPS) is 10.2. The number of carbonyl (C=O) groups is 1. The summed E-state index contributed by atoms with van der Waals surface area (Å²) in [5.74, 6) is -0.535. The molecule has 0 N–H and O–H groups in total. The predicted molar refractivity (Wildman–Crippen MR) is 55.8 cm³/mol. The fourth-order valence-electron chi connectivity index (χ4n) is 1.29. The van der Waals surface area contributed by atoms with Crippen molar-refractivity contribution in [2.75, 3.05) is 0 Å². The molecule has 1 aromatic rings. The van der Waals surface area contributed by atoms with Crippen LogP contribution in [0, 0.1) is 24.1 Å². The van der Waals surface area contributed by atoms with Gasteiger partial charge < -0.3 is 0 Å². The van der Waals surface area contributed by atoms with Gasteiger partial charge in [-0.15, -0.1) is 0 Å².